The minimum Gasteiger partial charge on any atom is -0.494 e. The van der Waals surface area contributed by atoms with Crippen LogP contribution < -0.4 is 4.74 Å². The molecule has 1 saturated heterocycles. The molecule has 7 nitrogen and oxygen atoms in total. The number of allylic oxidation sites excluding steroid dienone is 2. The number of tetrazole rings is 1. The summed E-state index contributed by atoms with van der Waals surface area (Å²) in [7, 11) is 0. The first-order chi connectivity index (χ1) is 16.2. The maximum Gasteiger partial charge on any atom is 0.222 e. The van der Waals surface area contributed by atoms with Crippen LogP contribution in [0.2, 0.25) is 0 Å². The van der Waals surface area contributed by atoms with Crippen LogP contribution in [0.4, 0.5) is 0 Å². The lowest BCUT2D eigenvalue weighted by molar-refractivity contribution is -0.133. The summed E-state index contributed by atoms with van der Waals surface area (Å²) in [6.07, 6.45) is 14.4. The molecule has 5 atom stereocenters. The topological polar surface area (TPSA) is 73.1 Å². The van der Waals surface area contributed by atoms with Crippen molar-refractivity contribution in [3.8, 4) is 11.4 Å². The Bertz CT molecular complexity index is 981. The molecule has 7 heteroatoms. The number of piperidine rings is 1. The Morgan fingerprint density at radius 1 is 1.03 bits per heavy atom. The molecule has 6 rings (SSSR count). The molecule has 1 aromatic heterocycles. The van der Waals surface area contributed by atoms with Crippen molar-refractivity contribution >= 4 is 5.91 Å². The fourth-order valence-electron chi connectivity index (χ4n) is 6.54. The van der Waals surface area contributed by atoms with E-state index in [1.165, 1.54) is 32.1 Å². The van der Waals surface area contributed by atoms with Gasteiger partial charge in [0.2, 0.25) is 5.91 Å². The SMILES string of the molecule is O=C(CC1CC2C=CC1C2)N1CCC(C2CC2CCOc2ccc(-n3cnnn3)cc2)CC1. The second kappa shape index (κ2) is 8.92. The molecule has 1 aliphatic heterocycles. The summed E-state index contributed by atoms with van der Waals surface area (Å²) in [5.41, 5.74) is 0.923. The average molecular weight is 448 g/mol. The predicted molar refractivity (Wildman–Crippen MR) is 124 cm³/mol. The number of carbonyl (C=O) groups excluding carboxylic acids is 1. The zero-order valence-electron chi connectivity index (χ0n) is 19.1. The number of carbonyl (C=O) groups is 1. The van der Waals surface area contributed by atoms with Crippen LogP contribution in [0.5, 0.6) is 5.75 Å². The van der Waals surface area contributed by atoms with Gasteiger partial charge in [0.05, 0.1) is 12.3 Å². The molecule has 1 amide bonds. The van der Waals surface area contributed by atoms with E-state index in [0.717, 1.165) is 67.6 Å². The van der Waals surface area contributed by atoms with Gasteiger partial charge in [0.25, 0.3) is 0 Å². The third-order valence-corrected chi connectivity index (χ3v) is 8.54. The van der Waals surface area contributed by atoms with Crippen LogP contribution in [0.3, 0.4) is 0 Å². The number of benzene rings is 1. The molecule has 33 heavy (non-hydrogen) atoms. The molecule has 174 valence electrons. The third kappa shape index (κ3) is 4.55. The van der Waals surface area contributed by atoms with Gasteiger partial charge in [0, 0.05) is 19.5 Å². The number of fused-ring (bicyclic) bond motifs is 2. The van der Waals surface area contributed by atoms with E-state index in [1.807, 2.05) is 24.3 Å². The van der Waals surface area contributed by atoms with Crippen molar-refractivity contribution in [3.05, 3.63) is 42.7 Å². The number of hydrogen-bond acceptors (Lipinski definition) is 5. The van der Waals surface area contributed by atoms with E-state index in [2.05, 4.69) is 32.6 Å². The van der Waals surface area contributed by atoms with Crippen LogP contribution in [0.25, 0.3) is 5.69 Å². The first-order valence-corrected chi connectivity index (χ1v) is 12.7. The van der Waals surface area contributed by atoms with Crippen LogP contribution in [0.15, 0.2) is 42.7 Å². The van der Waals surface area contributed by atoms with E-state index in [1.54, 1.807) is 11.0 Å². The molecule has 4 aliphatic rings. The summed E-state index contributed by atoms with van der Waals surface area (Å²) < 4.78 is 7.61. The van der Waals surface area contributed by atoms with Gasteiger partial charge in [-0.1, -0.05) is 12.2 Å². The molecule has 2 aromatic rings. The Morgan fingerprint density at radius 3 is 2.58 bits per heavy atom. The summed E-state index contributed by atoms with van der Waals surface area (Å²) in [5, 5.41) is 11.2. The van der Waals surface area contributed by atoms with Crippen LogP contribution in [0.1, 0.15) is 44.9 Å². The Labute approximate surface area is 195 Å². The standard InChI is InChI=1S/C26H33N5O2/c32-26(16-22-14-18-1-2-20(22)13-18)30-10-7-19(8-11-30)25-15-21(25)9-12-33-24-5-3-23(4-6-24)31-17-27-28-29-31/h1-6,17-22,25H,7-16H2. The van der Waals surface area contributed by atoms with Gasteiger partial charge in [0.15, 0.2) is 0 Å². The number of nitrogens with zero attached hydrogens (tertiary/aromatic N) is 5. The highest BCUT2D eigenvalue weighted by Gasteiger charge is 2.44. The van der Waals surface area contributed by atoms with Crippen LogP contribution in [0, 0.1) is 35.5 Å². The summed E-state index contributed by atoms with van der Waals surface area (Å²) in [6, 6.07) is 7.88. The van der Waals surface area contributed by atoms with Crippen molar-refractivity contribution in [3.63, 3.8) is 0 Å². The first-order valence-electron chi connectivity index (χ1n) is 12.7. The van der Waals surface area contributed by atoms with Crippen molar-refractivity contribution in [1.29, 1.82) is 0 Å². The van der Waals surface area contributed by atoms with E-state index >= 15 is 0 Å². The second-order valence-corrected chi connectivity index (χ2v) is 10.5. The largest absolute Gasteiger partial charge is 0.494 e. The normalized spacial score (nSPS) is 30.7. The predicted octanol–water partition coefficient (Wildman–Crippen LogP) is 3.91. The lowest BCUT2D eigenvalue weighted by atomic mass is 9.88. The zero-order chi connectivity index (χ0) is 22.2. The molecule has 3 aliphatic carbocycles. The zero-order valence-corrected chi connectivity index (χ0v) is 19.1. The van der Waals surface area contributed by atoms with Gasteiger partial charge in [-0.25, -0.2) is 4.68 Å². The fraction of sp³-hybridized carbons (Fsp3) is 0.615. The molecular formula is C26H33N5O2. The number of aromatic nitrogens is 4. The second-order valence-electron chi connectivity index (χ2n) is 10.5. The number of hydrogen-bond donors (Lipinski definition) is 0. The number of rotatable bonds is 8. The molecule has 0 radical (unpaired) electrons. The number of likely N-dealkylation sites (tertiary alicyclic amines) is 1. The highest BCUT2D eigenvalue weighted by molar-refractivity contribution is 5.76. The third-order valence-electron chi connectivity index (χ3n) is 8.54. The van der Waals surface area contributed by atoms with Crippen molar-refractivity contribution in [2.24, 2.45) is 35.5 Å². The monoisotopic (exact) mass is 447 g/mol. The Balaban J connectivity index is 0.894. The van der Waals surface area contributed by atoms with Crippen molar-refractivity contribution < 1.29 is 9.53 Å². The van der Waals surface area contributed by atoms with E-state index in [9.17, 15) is 4.79 Å². The molecule has 1 aromatic carbocycles. The van der Waals surface area contributed by atoms with Gasteiger partial charge in [-0.05, 0) is 109 Å². The molecule has 0 spiro atoms. The minimum absolute atomic E-state index is 0.409. The lowest BCUT2D eigenvalue weighted by Gasteiger charge is -2.33. The van der Waals surface area contributed by atoms with Crippen molar-refractivity contribution in [2.45, 2.75) is 44.9 Å². The van der Waals surface area contributed by atoms with Gasteiger partial charge < -0.3 is 9.64 Å². The van der Waals surface area contributed by atoms with E-state index in [4.69, 9.17) is 4.74 Å². The van der Waals surface area contributed by atoms with Gasteiger partial charge in [0.1, 0.15) is 12.1 Å². The first kappa shape index (κ1) is 20.9. The fourth-order valence-corrected chi connectivity index (χ4v) is 6.54. The van der Waals surface area contributed by atoms with Gasteiger partial charge in [-0.15, -0.1) is 5.10 Å². The Hall–Kier alpha value is -2.70. The highest BCUT2D eigenvalue weighted by atomic mass is 16.5. The van der Waals surface area contributed by atoms with E-state index < -0.39 is 0 Å². The molecule has 3 fully saturated rings. The molecular weight excluding hydrogens is 414 g/mol. The van der Waals surface area contributed by atoms with Gasteiger partial charge in [-0.3, -0.25) is 4.79 Å². The van der Waals surface area contributed by atoms with Gasteiger partial charge >= 0.3 is 0 Å². The maximum atomic E-state index is 12.8. The number of amides is 1. The molecule has 5 unspecified atom stereocenters. The smallest absolute Gasteiger partial charge is 0.222 e. The molecule has 0 N–H and O–H groups in total. The van der Waals surface area contributed by atoms with Crippen LogP contribution in [-0.2, 0) is 4.79 Å². The quantitative estimate of drug-likeness (QED) is 0.574. The van der Waals surface area contributed by atoms with Crippen molar-refractivity contribution in [1.82, 2.24) is 25.1 Å². The van der Waals surface area contributed by atoms with E-state index in [-0.39, 0.29) is 0 Å². The van der Waals surface area contributed by atoms with Crippen LogP contribution in [-0.4, -0.2) is 50.7 Å². The summed E-state index contributed by atoms with van der Waals surface area (Å²) in [6.45, 7) is 2.70. The Morgan fingerprint density at radius 2 is 1.88 bits per heavy atom. The highest BCUT2D eigenvalue weighted by Crippen LogP contribution is 2.50. The summed E-state index contributed by atoms with van der Waals surface area (Å²) in [5.74, 6) is 5.75. The number of ether oxygens (including phenoxy) is 1. The van der Waals surface area contributed by atoms with Gasteiger partial charge in [-0.2, -0.15) is 0 Å². The molecule has 2 saturated carbocycles. The molecule has 2 bridgehead atoms. The van der Waals surface area contributed by atoms with E-state index in [0.29, 0.717) is 17.7 Å². The summed E-state index contributed by atoms with van der Waals surface area (Å²) in [4.78, 5) is 15.0. The molecule has 2 heterocycles. The lowest BCUT2D eigenvalue weighted by Crippen LogP contribution is -2.40. The summed E-state index contributed by atoms with van der Waals surface area (Å²) >= 11 is 0. The van der Waals surface area contributed by atoms with Crippen LogP contribution >= 0.6 is 0 Å². The Kier molecular flexibility index (Phi) is 5.64. The van der Waals surface area contributed by atoms with Crippen molar-refractivity contribution in [2.75, 3.05) is 19.7 Å². The average Bonchev–Trinajstić information content (AvgIpc) is 3.22. The minimum atomic E-state index is 0.409. The maximum absolute atomic E-state index is 12.8.